The van der Waals surface area contributed by atoms with Gasteiger partial charge in [-0.15, -0.1) is 11.6 Å². The smallest absolute Gasteiger partial charge is 0.731 e. The van der Waals surface area contributed by atoms with Gasteiger partial charge in [0.25, 0.3) is 11.8 Å². The summed E-state index contributed by atoms with van der Waals surface area (Å²) in [6, 6.07) is -1.24. The topological polar surface area (TPSA) is 170 Å². The SMILES string of the molecule is CO/N=C(\C(=O)NC1CN(S(=O)(=O)[O-])C1=O)c1nc(NC(=O)CCl)sc1Cl.[Na+]. The Bertz CT molecular complexity index is 922. The van der Waals surface area contributed by atoms with Gasteiger partial charge in [-0.25, -0.2) is 17.7 Å². The first-order valence-corrected chi connectivity index (χ1v) is 9.89. The summed E-state index contributed by atoms with van der Waals surface area (Å²) in [5, 5.41) is 8.07. The fourth-order valence-corrected chi connectivity index (χ4v) is 3.68. The largest absolute Gasteiger partial charge is 1.00 e. The molecule has 0 saturated carbocycles. The second-order valence-corrected chi connectivity index (χ2v) is 7.96. The molecule has 1 aliphatic rings. The van der Waals surface area contributed by atoms with Crippen LogP contribution in [0.15, 0.2) is 5.16 Å². The minimum Gasteiger partial charge on any atom is -0.731 e. The molecular weight excluding hydrogens is 472 g/mol. The summed E-state index contributed by atoms with van der Waals surface area (Å²) in [7, 11) is -3.80. The molecule has 0 spiro atoms. The Labute approximate surface area is 194 Å². The molecule has 1 aliphatic heterocycles. The van der Waals surface area contributed by atoms with E-state index in [1.54, 1.807) is 0 Å². The van der Waals surface area contributed by atoms with Crippen molar-refractivity contribution in [3.63, 3.8) is 0 Å². The third kappa shape index (κ3) is 5.76. The van der Waals surface area contributed by atoms with E-state index in [4.69, 9.17) is 23.2 Å². The predicted octanol–water partition coefficient (Wildman–Crippen LogP) is -3.88. The number of thiazole rings is 1. The summed E-state index contributed by atoms with van der Waals surface area (Å²) in [6.45, 7) is -0.515. The van der Waals surface area contributed by atoms with E-state index in [0.717, 1.165) is 18.4 Å². The number of oxime groups is 1. The van der Waals surface area contributed by atoms with Crippen LogP contribution in [0.5, 0.6) is 0 Å². The van der Waals surface area contributed by atoms with E-state index >= 15 is 0 Å². The Morgan fingerprint density at radius 2 is 2.14 bits per heavy atom. The van der Waals surface area contributed by atoms with Gasteiger partial charge in [-0.3, -0.25) is 14.4 Å². The van der Waals surface area contributed by atoms with Crippen molar-refractivity contribution in [3.8, 4) is 0 Å². The zero-order chi connectivity index (χ0) is 20.4. The van der Waals surface area contributed by atoms with E-state index in [-0.39, 0.29) is 54.9 Å². The average Bonchev–Trinajstić information content (AvgIpc) is 2.93. The van der Waals surface area contributed by atoms with Crippen molar-refractivity contribution in [1.29, 1.82) is 0 Å². The third-order valence-electron chi connectivity index (χ3n) is 3.04. The Kier molecular flexibility index (Phi) is 9.08. The average molecular weight is 482 g/mol. The quantitative estimate of drug-likeness (QED) is 0.0993. The van der Waals surface area contributed by atoms with E-state index in [9.17, 15) is 27.4 Å². The minimum absolute atomic E-state index is 0. The Morgan fingerprint density at radius 3 is 2.64 bits per heavy atom. The summed E-state index contributed by atoms with van der Waals surface area (Å²) in [5.74, 6) is -2.92. The van der Waals surface area contributed by atoms with Gasteiger partial charge in [0.1, 0.15) is 29.1 Å². The first-order valence-electron chi connectivity index (χ1n) is 6.80. The van der Waals surface area contributed by atoms with Crippen LogP contribution in [0, 0.1) is 0 Å². The first-order chi connectivity index (χ1) is 12.6. The molecule has 28 heavy (non-hydrogen) atoms. The van der Waals surface area contributed by atoms with Crippen molar-refractivity contribution in [3.05, 3.63) is 10.0 Å². The van der Waals surface area contributed by atoms with Crippen LogP contribution in [0.3, 0.4) is 0 Å². The molecule has 1 fully saturated rings. The van der Waals surface area contributed by atoms with E-state index in [1.807, 2.05) is 0 Å². The first kappa shape index (κ1) is 25.0. The van der Waals surface area contributed by atoms with Gasteiger partial charge in [0, 0.05) is 0 Å². The van der Waals surface area contributed by atoms with Gasteiger partial charge in [0.2, 0.25) is 5.91 Å². The van der Waals surface area contributed by atoms with E-state index < -0.39 is 46.3 Å². The van der Waals surface area contributed by atoms with Crippen LogP contribution in [-0.2, 0) is 29.5 Å². The molecule has 2 heterocycles. The second-order valence-electron chi connectivity index (χ2n) is 4.80. The number of amides is 3. The summed E-state index contributed by atoms with van der Waals surface area (Å²) in [5.41, 5.74) is -0.577. The number of anilines is 1. The van der Waals surface area contributed by atoms with Crippen LogP contribution < -0.4 is 40.2 Å². The van der Waals surface area contributed by atoms with Gasteiger partial charge in [0.15, 0.2) is 21.1 Å². The molecule has 0 aromatic carbocycles. The van der Waals surface area contributed by atoms with Gasteiger partial charge >= 0.3 is 29.6 Å². The van der Waals surface area contributed by atoms with E-state index in [1.165, 1.54) is 0 Å². The van der Waals surface area contributed by atoms with Crippen LogP contribution in [0.2, 0.25) is 4.34 Å². The molecular formula is C11H10Cl2N5NaO7S2. The molecule has 148 valence electrons. The number of β-lactam (4-membered cyclic amide) rings is 1. The van der Waals surface area contributed by atoms with Gasteiger partial charge in [0.05, 0.1) is 6.54 Å². The molecule has 17 heteroatoms. The molecule has 1 atom stereocenters. The maximum Gasteiger partial charge on any atom is 1.00 e. The number of rotatable bonds is 7. The second kappa shape index (κ2) is 10.2. The number of nitrogens with zero attached hydrogens (tertiary/aromatic N) is 3. The molecule has 0 aliphatic carbocycles. The fourth-order valence-electron chi connectivity index (χ4n) is 1.87. The number of carbonyl (C=O) groups excluding carboxylic acids is 3. The summed E-state index contributed by atoms with van der Waals surface area (Å²) in [4.78, 5) is 43.8. The molecule has 1 aromatic rings. The van der Waals surface area contributed by atoms with Crippen LogP contribution in [0.25, 0.3) is 0 Å². The number of hydrogen-bond acceptors (Lipinski definition) is 10. The van der Waals surface area contributed by atoms with E-state index in [2.05, 4.69) is 25.6 Å². The van der Waals surface area contributed by atoms with Gasteiger partial charge in [-0.1, -0.05) is 28.1 Å². The van der Waals surface area contributed by atoms with Crippen LogP contribution in [0.4, 0.5) is 5.13 Å². The molecule has 0 bridgehead atoms. The molecule has 1 unspecified atom stereocenters. The number of carbonyl (C=O) groups is 3. The predicted molar refractivity (Wildman–Crippen MR) is 93.4 cm³/mol. The van der Waals surface area contributed by atoms with Gasteiger partial charge < -0.3 is 20.0 Å². The van der Waals surface area contributed by atoms with Gasteiger partial charge in [-0.05, 0) is 0 Å². The minimum atomic E-state index is -4.94. The Balaban J connectivity index is 0.00000392. The number of alkyl halides is 1. The van der Waals surface area contributed by atoms with Crippen molar-refractivity contribution < 1.29 is 61.7 Å². The molecule has 3 amide bonds. The molecule has 1 aromatic heterocycles. The van der Waals surface area contributed by atoms with Gasteiger partial charge in [-0.2, -0.15) is 0 Å². The molecule has 2 N–H and O–H groups in total. The number of halogens is 2. The molecule has 0 radical (unpaired) electrons. The monoisotopic (exact) mass is 481 g/mol. The molecule has 12 nitrogen and oxygen atoms in total. The normalized spacial score (nSPS) is 16.7. The molecule has 1 saturated heterocycles. The summed E-state index contributed by atoms with van der Waals surface area (Å²) >= 11 is 12.2. The zero-order valence-electron chi connectivity index (χ0n) is 14.3. The number of nitrogens with one attached hydrogen (secondary N) is 2. The maximum atomic E-state index is 12.4. The van der Waals surface area contributed by atoms with Crippen molar-refractivity contribution >= 4 is 73.4 Å². The van der Waals surface area contributed by atoms with Crippen molar-refractivity contribution in [2.24, 2.45) is 5.16 Å². The Morgan fingerprint density at radius 1 is 1.50 bits per heavy atom. The number of aromatic nitrogens is 1. The van der Waals surface area contributed by atoms with E-state index in [0.29, 0.717) is 0 Å². The third-order valence-corrected chi connectivity index (χ3v) is 5.32. The molecule has 2 rings (SSSR count). The standard InChI is InChI=1S/C11H11Cl2N5O7S2.Na/c1-25-17-7(6-8(13)26-11(16-6)15-5(19)2-12)9(20)14-4-3-18(10(4)21)27(22,23)24;/h4H,2-3H2,1H3,(H,14,20)(H,15,16,19)(H,22,23,24);/q;+1/p-1/b17-7-;. The van der Waals surface area contributed by atoms with Crippen molar-refractivity contribution in [2.45, 2.75) is 6.04 Å². The Hall–Kier alpha value is -1.00. The zero-order valence-corrected chi connectivity index (χ0v) is 19.4. The number of hydrogen-bond donors (Lipinski definition) is 2. The summed E-state index contributed by atoms with van der Waals surface area (Å²) < 4.78 is 32.4. The van der Waals surface area contributed by atoms with Crippen molar-refractivity contribution in [1.82, 2.24) is 14.6 Å². The summed E-state index contributed by atoms with van der Waals surface area (Å²) in [6.07, 6.45) is 0. The van der Waals surface area contributed by atoms with Crippen LogP contribution in [0.1, 0.15) is 5.69 Å². The maximum absolute atomic E-state index is 12.4. The van der Waals surface area contributed by atoms with Crippen molar-refractivity contribution in [2.75, 3.05) is 24.9 Å². The van der Waals surface area contributed by atoms with Crippen LogP contribution >= 0.6 is 34.5 Å². The fraction of sp³-hybridized carbons (Fsp3) is 0.364. The van der Waals surface area contributed by atoms with Crippen LogP contribution in [-0.4, -0.2) is 71.3 Å².